The molecule has 1 unspecified atom stereocenters. The zero-order valence-electron chi connectivity index (χ0n) is 20.0. The van der Waals surface area contributed by atoms with Crippen LogP contribution in [0.4, 0.5) is 0 Å². The maximum atomic E-state index is 12.8. The van der Waals surface area contributed by atoms with Crippen LogP contribution in [-0.2, 0) is 22.4 Å². The van der Waals surface area contributed by atoms with Gasteiger partial charge in [-0.15, -0.1) is 0 Å². The van der Waals surface area contributed by atoms with Crippen LogP contribution >= 0.6 is 0 Å². The molecule has 0 spiro atoms. The van der Waals surface area contributed by atoms with E-state index in [0.29, 0.717) is 24.5 Å². The summed E-state index contributed by atoms with van der Waals surface area (Å²) in [6.07, 6.45) is 0.430. The van der Waals surface area contributed by atoms with Crippen LogP contribution in [0.2, 0.25) is 0 Å². The van der Waals surface area contributed by atoms with E-state index in [1.807, 2.05) is 51.1 Å². The monoisotopic (exact) mass is 454 g/mol. The molecule has 0 radical (unpaired) electrons. The Morgan fingerprint density at radius 3 is 2.27 bits per heavy atom. The second-order valence-corrected chi connectivity index (χ2v) is 8.91. The molecule has 4 N–H and O–H groups in total. The van der Waals surface area contributed by atoms with Crippen molar-refractivity contribution in [3.05, 3.63) is 59.7 Å². The number of rotatable bonds is 9. The summed E-state index contributed by atoms with van der Waals surface area (Å²) in [5, 5.41) is 5.50. The van der Waals surface area contributed by atoms with Gasteiger partial charge in [-0.3, -0.25) is 14.9 Å². The van der Waals surface area contributed by atoms with Gasteiger partial charge < -0.3 is 20.5 Å². The number of nitrogens with zero attached hydrogens (tertiary/aromatic N) is 1. The molecule has 0 bridgehead atoms. The lowest BCUT2D eigenvalue weighted by molar-refractivity contribution is -0.123. The molecule has 2 aromatic carbocycles. The van der Waals surface area contributed by atoms with Crippen molar-refractivity contribution in [2.45, 2.75) is 39.7 Å². The number of nitrogens with one attached hydrogen (secondary N) is 2. The van der Waals surface area contributed by atoms with E-state index in [9.17, 15) is 9.59 Å². The molecule has 2 amide bonds. The Balaban J connectivity index is 2.10. The summed E-state index contributed by atoms with van der Waals surface area (Å²) in [4.78, 5) is 29.6. The van der Waals surface area contributed by atoms with E-state index in [1.165, 1.54) is 7.11 Å². The SMILES string of the molecule is COc1ccc(CC(=O)NC(N)=NC(Cc2ccccc2)C(=O)NCC(C)(C)C)cc1OC. The molecule has 0 aliphatic carbocycles. The minimum Gasteiger partial charge on any atom is -0.493 e. The Morgan fingerprint density at radius 1 is 1.00 bits per heavy atom. The van der Waals surface area contributed by atoms with Crippen molar-refractivity contribution >= 4 is 17.8 Å². The molecule has 0 aromatic heterocycles. The molecule has 0 aliphatic rings. The Bertz CT molecular complexity index is 968. The summed E-state index contributed by atoms with van der Waals surface area (Å²) in [7, 11) is 3.08. The summed E-state index contributed by atoms with van der Waals surface area (Å²) in [5.74, 6) is 0.408. The Labute approximate surface area is 195 Å². The molecule has 2 aromatic rings. The highest BCUT2D eigenvalue weighted by atomic mass is 16.5. The number of carbonyl (C=O) groups is 2. The first-order valence-corrected chi connectivity index (χ1v) is 10.8. The molecular formula is C25H34N4O4. The van der Waals surface area contributed by atoms with Gasteiger partial charge in [0.15, 0.2) is 17.5 Å². The van der Waals surface area contributed by atoms with Crippen molar-refractivity contribution < 1.29 is 19.1 Å². The summed E-state index contributed by atoms with van der Waals surface area (Å²) < 4.78 is 10.5. The molecule has 8 nitrogen and oxygen atoms in total. The quantitative estimate of drug-likeness (QED) is 0.398. The standard InChI is InChI=1S/C25H34N4O4/c1-25(2,3)16-27-23(31)19(13-17-9-7-6-8-10-17)28-24(26)29-22(30)15-18-11-12-20(32-4)21(14-18)33-5/h6-12,14,19H,13,15-16H2,1-5H3,(H,27,31)(H3,26,28,29,30). The molecule has 33 heavy (non-hydrogen) atoms. The van der Waals surface area contributed by atoms with Crippen LogP contribution in [0.5, 0.6) is 11.5 Å². The van der Waals surface area contributed by atoms with Gasteiger partial charge in [-0.2, -0.15) is 0 Å². The predicted octanol–water partition coefficient (Wildman–Crippen LogP) is 2.45. The predicted molar refractivity (Wildman–Crippen MR) is 129 cm³/mol. The Morgan fingerprint density at radius 2 is 1.67 bits per heavy atom. The van der Waals surface area contributed by atoms with E-state index in [2.05, 4.69) is 15.6 Å². The van der Waals surface area contributed by atoms with Crippen molar-refractivity contribution in [3.8, 4) is 11.5 Å². The van der Waals surface area contributed by atoms with E-state index >= 15 is 0 Å². The molecule has 0 fully saturated rings. The summed E-state index contributed by atoms with van der Waals surface area (Å²) >= 11 is 0. The number of hydrogen-bond donors (Lipinski definition) is 3. The van der Waals surface area contributed by atoms with Crippen LogP contribution < -0.4 is 25.8 Å². The highest BCUT2D eigenvalue weighted by molar-refractivity contribution is 5.98. The number of aliphatic imine (C=N–C) groups is 1. The number of ether oxygens (including phenoxy) is 2. The average Bonchev–Trinajstić information content (AvgIpc) is 2.76. The van der Waals surface area contributed by atoms with E-state index in [1.54, 1.807) is 25.3 Å². The third-order valence-electron chi connectivity index (χ3n) is 4.74. The number of benzene rings is 2. The molecule has 0 saturated carbocycles. The van der Waals surface area contributed by atoms with Crippen molar-refractivity contribution in [2.75, 3.05) is 20.8 Å². The fraction of sp³-hybridized carbons (Fsp3) is 0.400. The summed E-state index contributed by atoms with van der Waals surface area (Å²) in [6.45, 7) is 6.60. The first-order chi connectivity index (χ1) is 15.6. The maximum absolute atomic E-state index is 12.8. The first kappa shape index (κ1) is 25.7. The molecule has 178 valence electrons. The number of nitrogens with two attached hydrogens (primary N) is 1. The fourth-order valence-electron chi connectivity index (χ4n) is 3.07. The zero-order valence-corrected chi connectivity index (χ0v) is 20.0. The third-order valence-corrected chi connectivity index (χ3v) is 4.74. The number of amides is 2. The van der Waals surface area contributed by atoms with Crippen LogP contribution in [0.25, 0.3) is 0 Å². The van der Waals surface area contributed by atoms with E-state index in [-0.39, 0.29) is 29.6 Å². The number of guanidine groups is 1. The summed E-state index contributed by atoms with van der Waals surface area (Å²) in [6, 6.07) is 14.0. The second-order valence-electron chi connectivity index (χ2n) is 8.91. The van der Waals surface area contributed by atoms with Gasteiger partial charge in [-0.1, -0.05) is 57.2 Å². The lowest BCUT2D eigenvalue weighted by Gasteiger charge is -2.21. The minimum atomic E-state index is -0.767. The lowest BCUT2D eigenvalue weighted by atomic mass is 9.96. The van der Waals surface area contributed by atoms with Crippen molar-refractivity contribution in [3.63, 3.8) is 0 Å². The topological polar surface area (TPSA) is 115 Å². The van der Waals surface area contributed by atoms with Crippen molar-refractivity contribution in [1.82, 2.24) is 10.6 Å². The smallest absolute Gasteiger partial charge is 0.245 e. The highest BCUT2D eigenvalue weighted by Crippen LogP contribution is 2.27. The van der Waals surface area contributed by atoms with Crippen molar-refractivity contribution in [2.24, 2.45) is 16.1 Å². The normalized spacial score (nSPS) is 12.6. The van der Waals surface area contributed by atoms with Gasteiger partial charge in [-0.05, 0) is 28.7 Å². The molecule has 8 heteroatoms. The van der Waals surface area contributed by atoms with Crippen molar-refractivity contribution in [1.29, 1.82) is 0 Å². The first-order valence-electron chi connectivity index (χ1n) is 10.8. The molecule has 0 saturated heterocycles. The van der Waals surface area contributed by atoms with Gasteiger partial charge in [0.05, 0.1) is 20.6 Å². The van der Waals surface area contributed by atoms with Gasteiger partial charge in [0.1, 0.15) is 6.04 Å². The number of hydrogen-bond acceptors (Lipinski definition) is 5. The minimum absolute atomic E-state index is 0.0656. The Kier molecular flexibility index (Phi) is 9.27. The Hall–Kier alpha value is -3.55. The van der Waals surface area contributed by atoms with Crippen LogP contribution in [0, 0.1) is 5.41 Å². The van der Waals surface area contributed by atoms with E-state index in [4.69, 9.17) is 15.2 Å². The van der Waals surface area contributed by atoms with Crippen LogP contribution in [0.15, 0.2) is 53.5 Å². The average molecular weight is 455 g/mol. The van der Waals surface area contributed by atoms with E-state index < -0.39 is 6.04 Å². The van der Waals surface area contributed by atoms with Crippen LogP contribution in [-0.4, -0.2) is 44.6 Å². The molecule has 0 aliphatic heterocycles. The largest absolute Gasteiger partial charge is 0.493 e. The number of carbonyl (C=O) groups excluding carboxylic acids is 2. The van der Waals surface area contributed by atoms with Gasteiger partial charge in [0, 0.05) is 13.0 Å². The van der Waals surface area contributed by atoms with Crippen LogP contribution in [0.3, 0.4) is 0 Å². The second kappa shape index (κ2) is 11.9. The van der Waals surface area contributed by atoms with Crippen LogP contribution in [0.1, 0.15) is 31.9 Å². The van der Waals surface area contributed by atoms with Gasteiger partial charge >= 0.3 is 0 Å². The fourth-order valence-corrected chi connectivity index (χ4v) is 3.07. The maximum Gasteiger partial charge on any atom is 0.245 e. The number of methoxy groups -OCH3 is 2. The van der Waals surface area contributed by atoms with E-state index in [0.717, 1.165) is 11.1 Å². The highest BCUT2D eigenvalue weighted by Gasteiger charge is 2.21. The zero-order chi connectivity index (χ0) is 24.4. The molecule has 1 atom stereocenters. The summed E-state index contributed by atoms with van der Waals surface area (Å²) in [5.41, 5.74) is 7.59. The molecular weight excluding hydrogens is 420 g/mol. The molecule has 2 rings (SSSR count). The van der Waals surface area contributed by atoms with Gasteiger partial charge in [0.25, 0.3) is 0 Å². The van der Waals surface area contributed by atoms with Gasteiger partial charge in [0.2, 0.25) is 11.8 Å². The third kappa shape index (κ3) is 8.84. The lowest BCUT2D eigenvalue weighted by Crippen LogP contribution is -2.43. The van der Waals surface area contributed by atoms with Gasteiger partial charge in [-0.25, -0.2) is 4.99 Å². The molecule has 0 heterocycles.